The fraction of sp³-hybridized carbons (Fsp3) is 0.500. The minimum Gasteiger partial charge on any atom is -0.444 e. The monoisotopic (exact) mass is 539 g/mol. The molecule has 1 atom stereocenters. The van der Waals surface area contributed by atoms with Gasteiger partial charge in [0.2, 0.25) is 0 Å². The standard InChI is InChI=1S/C28H34FN5O3S/c1-28(2,3)37-27(36)33-15-7-6-10-22(33)34-17-30-23(18-11-13-19(29)14-12-18)24(34)26-32-21(16-38-26)25(35)31-20-8-4-5-9-20/h11-14,16-17,20,22H,4-10,15H2,1-3H3,(H,31,35). The van der Waals surface area contributed by atoms with E-state index in [0.29, 0.717) is 28.6 Å². The molecule has 3 aromatic rings. The Labute approximate surface area is 226 Å². The third-order valence-electron chi connectivity index (χ3n) is 6.96. The third-order valence-corrected chi connectivity index (χ3v) is 7.81. The Morgan fingerprint density at radius 3 is 2.50 bits per heavy atom. The second kappa shape index (κ2) is 10.8. The Morgan fingerprint density at radius 2 is 1.79 bits per heavy atom. The summed E-state index contributed by atoms with van der Waals surface area (Å²) in [6.07, 6.45) is 7.81. The van der Waals surface area contributed by atoms with Gasteiger partial charge in [0, 0.05) is 23.5 Å². The fourth-order valence-corrected chi connectivity index (χ4v) is 6.02. The number of carbonyl (C=O) groups is 2. The number of rotatable bonds is 5. The molecule has 1 saturated heterocycles. The van der Waals surface area contributed by atoms with Gasteiger partial charge >= 0.3 is 6.09 Å². The minimum atomic E-state index is -0.618. The molecule has 2 amide bonds. The molecule has 1 N–H and O–H groups in total. The molecule has 38 heavy (non-hydrogen) atoms. The second-order valence-electron chi connectivity index (χ2n) is 11.0. The van der Waals surface area contributed by atoms with Gasteiger partial charge < -0.3 is 14.6 Å². The van der Waals surface area contributed by atoms with Crippen LogP contribution in [-0.4, -0.2) is 49.6 Å². The molecule has 1 saturated carbocycles. The van der Waals surface area contributed by atoms with E-state index in [-0.39, 0.29) is 30.0 Å². The lowest BCUT2D eigenvalue weighted by molar-refractivity contribution is -0.000898. The van der Waals surface area contributed by atoms with Crippen LogP contribution in [-0.2, 0) is 4.74 Å². The molecule has 0 radical (unpaired) electrons. The van der Waals surface area contributed by atoms with Crippen molar-refractivity contribution in [1.29, 1.82) is 0 Å². The Kier molecular flexibility index (Phi) is 7.52. The predicted octanol–water partition coefficient (Wildman–Crippen LogP) is 6.40. The van der Waals surface area contributed by atoms with E-state index in [0.717, 1.165) is 50.5 Å². The molecular weight excluding hydrogens is 505 g/mol. The summed E-state index contributed by atoms with van der Waals surface area (Å²) in [7, 11) is 0. The molecule has 5 rings (SSSR count). The molecule has 3 heterocycles. The molecule has 202 valence electrons. The van der Waals surface area contributed by atoms with Gasteiger partial charge in [-0.1, -0.05) is 12.8 Å². The SMILES string of the molecule is CC(C)(C)OC(=O)N1CCCCC1n1cnc(-c2ccc(F)cc2)c1-c1nc(C(=O)NC2CCCC2)cs1. The Balaban J connectivity index is 1.53. The summed E-state index contributed by atoms with van der Waals surface area (Å²) in [4.78, 5) is 37.3. The zero-order chi connectivity index (χ0) is 26.9. The fourth-order valence-electron chi connectivity index (χ4n) is 5.17. The first-order valence-electron chi connectivity index (χ1n) is 13.3. The van der Waals surface area contributed by atoms with Crippen LogP contribution >= 0.6 is 11.3 Å². The highest BCUT2D eigenvalue weighted by molar-refractivity contribution is 7.13. The summed E-state index contributed by atoms with van der Waals surface area (Å²) in [5, 5.41) is 5.48. The average molecular weight is 540 g/mol. The Morgan fingerprint density at radius 1 is 1.08 bits per heavy atom. The lowest BCUT2D eigenvalue weighted by Crippen LogP contribution is -2.44. The van der Waals surface area contributed by atoms with Crippen LogP contribution in [0.4, 0.5) is 9.18 Å². The highest BCUT2D eigenvalue weighted by Crippen LogP contribution is 2.38. The molecule has 1 unspecified atom stereocenters. The van der Waals surface area contributed by atoms with Crippen LogP contribution in [0.1, 0.15) is 82.4 Å². The Hall–Kier alpha value is -3.27. The quantitative estimate of drug-likeness (QED) is 0.405. The number of ether oxygens (including phenoxy) is 1. The molecule has 2 aromatic heterocycles. The first-order valence-corrected chi connectivity index (χ1v) is 14.2. The van der Waals surface area contributed by atoms with Crippen LogP contribution < -0.4 is 5.32 Å². The van der Waals surface area contributed by atoms with Crippen molar-refractivity contribution >= 4 is 23.3 Å². The van der Waals surface area contributed by atoms with Crippen LogP contribution in [0.3, 0.4) is 0 Å². The maximum Gasteiger partial charge on any atom is 0.411 e. The van der Waals surface area contributed by atoms with Crippen LogP contribution in [0.15, 0.2) is 36.0 Å². The molecule has 1 aromatic carbocycles. The van der Waals surface area contributed by atoms with Gasteiger partial charge in [-0.05, 0) is 77.1 Å². The smallest absolute Gasteiger partial charge is 0.411 e. The van der Waals surface area contributed by atoms with E-state index in [1.807, 2.05) is 25.3 Å². The van der Waals surface area contributed by atoms with Gasteiger partial charge in [-0.25, -0.2) is 19.2 Å². The number of likely N-dealkylation sites (tertiary alicyclic amines) is 1. The number of thiazole rings is 1. The van der Waals surface area contributed by atoms with Gasteiger partial charge in [-0.2, -0.15) is 0 Å². The van der Waals surface area contributed by atoms with Gasteiger partial charge in [0.25, 0.3) is 5.91 Å². The van der Waals surface area contributed by atoms with Crippen molar-refractivity contribution in [2.24, 2.45) is 0 Å². The summed E-state index contributed by atoms with van der Waals surface area (Å²) >= 11 is 1.36. The number of carbonyl (C=O) groups excluding carboxylic acids is 2. The molecule has 0 spiro atoms. The number of piperidine rings is 1. The zero-order valence-corrected chi connectivity index (χ0v) is 22.9. The maximum absolute atomic E-state index is 13.7. The summed E-state index contributed by atoms with van der Waals surface area (Å²) < 4.78 is 21.4. The molecular formula is C28H34FN5O3S. The van der Waals surface area contributed by atoms with Crippen molar-refractivity contribution < 1.29 is 18.7 Å². The number of benzene rings is 1. The van der Waals surface area contributed by atoms with Gasteiger partial charge in [-0.3, -0.25) is 9.69 Å². The lowest BCUT2D eigenvalue weighted by atomic mass is 10.1. The van der Waals surface area contributed by atoms with E-state index in [1.165, 1.54) is 23.5 Å². The second-order valence-corrected chi connectivity index (χ2v) is 11.9. The van der Waals surface area contributed by atoms with Gasteiger partial charge in [-0.15, -0.1) is 11.3 Å². The minimum absolute atomic E-state index is 0.179. The summed E-state index contributed by atoms with van der Waals surface area (Å²) in [6, 6.07) is 6.35. The van der Waals surface area contributed by atoms with Crippen LogP contribution in [0.2, 0.25) is 0 Å². The van der Waals surface area contributed by atoms with Crippen molar-refractivity contribution in [3.63, 3.8) is 0 Å². The number of hydrogen-bond acceptors (Lipinski definition) is 6. The summed E-state index contributed by atoms with van der Waals surface area (Å²) in [5.74, 6) is -0.514. The Bertz CT molecular complexity index is 1290. The molecule has 8 nitrogen and oxygen atoms in total. The zero-order valence-electron chi connectivity index (χ0n) is 22.1. The molecule has 0 bridgehead atoms. The van der Waals surface area contributed by atoms with E-state index in [9.17, 15) is 14.0 Å². The topological polar surface area (TPSA) is 89.3 Å². The largest absolute Gasteiger partial charge is 0.444 e. The maximum atomic E-state index is 13.7. The van der Waals surface area contributed by atoms with Crippen molar-refractivity contribution in [2.75, 3.05) is 6.54 Å². The highest BCUT2D eigenvalue weighted by atomic mass is 32.1. The van der Waals surface area contributed by atoms with E-state index in [2.05, 4.69) is 5.32 Å². The number of aromatic nitrogens is 3. The van der Waals surface area contributed by atoms with Crippen LogP contribution in [0.25, 0.3) is 22.0 Å². The highest BCUT2D eigenvalue weighted by Gasteiger charge is 2.34. The number of nitrogens with one attached hydrogen (secondary N) is 1. The van der Waals surface area contributed by atoms with E-state index in [4.69, 9.17) is 14.7 Å². The van der Waals surface area contributed by atoms with Crippen LogP contribution in [0, 0.1) is 5.82 Å². The summed E-state index contributed by atoms with van der Waals surface area (Å²) in [6.45, 7) is 6.13. The van der Waals surface area contributed by atoms with Crippen molar-refractivity contribution in [2.45, 2.75) is 83.5 Å². The summed E-state index contributed by atoms with van der Waals surface area (Å²) in [5.41, 5.74) is 1.79. The number of nitrogens with zero attached hydrogens (tertiary/aromatic N) is 4. The first-order chi connectivity index (χ1) is 18.2. The molecule has 1 aliphatic heterocycles. The number of halogens is 1. The third kappa shape index (κ3) is 5.75. The molecule has 2 fully saturated rings. The van der Waals surface area contributed by atoms with E-state index >= 15 is 0 Å². The number of amides is 2. The average Bonchev–Trinajstić information content (AvgIpc) is 3.64. The predicted molar refractivity (Wildman–Crippen MR) is 144 cm³/mol. The van der Waals surface area contributed by atoms with Crippen LogP contribution in [0.5, 0.6) is 0 Å². The normalized spacial score (nSPS) is 18.5. The lowest BCUT2D eigenvalue weighted by Gasteiger charge is -2.37. The first kappa shape index (κ1) is 26.3. The molecule has 10 heteroatoms. The van der Waals surface area contributed by atoms with Gasteiger partial charge in [0.05, 0.1) is 12.0 Å². The van der Waals surface area contributed by atoms with Crippen molar-refractivity contribution in [3.8, 4) is 22.0 Å². The van der Waals surface area contributed by atoms with Crippen molar-refractivity contribution in [3.05, 3.63) is 47.5 Å². The van der Waals surface area contributed by atoms with Gasteiger partial charge in [0.15, 0.2) is 0 Å². The van der Waals surface area contributed by atoms with E-state index < -0.39 is 5.60 Å². The van der Waals surface area contributed by atoms with Crippen molar-refractivity contribution in [1.82, 2.24) is 24.8 Å². The van der Waals surface area contributed by atoms with Gasteiger partial charge in [0.1, 0.15) is 34.0 Å². The number of imidazole rings is 1. The molecule has 1 aliphatic carbocycles. The van der Waals surface area contributed by atoms with E-state index in [1.54, 1.807) is 28.7 Å². The molecule has 2 aliphatic rings. The number of hydrogen-bond donors (Lipinski definition) is 1.